The lowest BCUT2D eigenvalue weighted by molar-refractivity contribution is -0.305. The number of aliphatic carboxylic acids is 1. The molecule has 1 heterocycles. The lowest BCUT2D eigenvalue weighted by atomic mass is 9.94. The van der Waals surface area contributed by atoms with E-state index in [0.717, 1.165) is 10.3 Å². The highest BCUT2D eigenvalue weighted by Crippen LogP contribution is 2.29. The molecule has 20 heavy (non-hydrogen) atoms. The number of benzene rings is 2. The summed E-state index contributed by atoms with van der Waals surface area (Å²) in [6.45, 7) is -0.176. The van der Waals surface area contributed by atoms with E-state index in [9.17, 15) is 19.5 Å². The Labute approximate surface area is 114 Å². The number of carbonyl (C=O) groups excluding carboxylic acids is 3. The van der Waals surface area contributed by atoms with Gasteiger partial charge in [-0.15, -0.1) is 0 Å². The number of carbonyl (C=O) groups is 3. The predicted octanol–water partition coefficient (Wildman–Crippen LogP) is 0.576. The summed E-state index contributed by atoms with van der Waals surface area (Å²) in [7, 11) is 0. The van der Waals surface area contributed by atoms with Crippen LogP contribution in [0.3, 0.4) is 0 Å². The SMILES string of the molecule is O=C([O-])CCN1C(=O)c2cccc3cccc(c23)C1=O. The first-order valence-electron chi connectivity index (χ1n) is 6.17. The number of rotatable bonds is 3. The van der Waals surface area contributed by atoms with E-state index in [2.05, 4.69) is 0 Å². The molecule has 0 saturated heterocycles. The van der Waals surface area contributed by atoms with Crippen molar-refractivity contribution in [1.29, 1.82) is 0 Å². The quantitative estimate of drug-likeness (QED) is 0.763. The summed E-state index contributed by atoms with van der Waals surface area (Å²) in [4.78, 5) is 36.1. The molecule has 2 aromatic rings. The van der Waals surface area contributed by atoms with Crippen molar-refractivity contribution < 1.29 is 19.5 Å². The molecular weight excluding hydrogens is 258 g/mol. The summed E-state index contributed by atoms with van der Waals surface area (Å²) in [5, 5.41) is 12.0. The highest BCUT2D eigenvalue weighted by Gasteiger charge is 2.32. The van der Waals surface area contributed by atoms with Gasteiger partial charge in [-0.3, -0.25) is 14.5 Å². The van der Waals surface area contributed by atoms with E-state index in [1.807, 2.05) is 12.1 Å². The van der Waals surface area contributed by atoms with Crippen LogP contribution >= 0.6 is 0 Å². The van der Waals surface area contributed by atoms with E-state index >= 15 is 0 Å². The van der Waals surface area contributed by atoms with Gasteiger partial charge in [0.05, 0.1) is 0 Å². The second-order valence-corrected chi connectivity index (χ2v) is 4.59. The maximum atomic E-state index is 12.3. The van der Waals surface area contributed by atoms with Crippen LogP contribution < -0.4 is 5.11 Å². The fourth-order valence-corrected chi connectivity index (χ4v) is 2.49. The highest BCUT2D eigenvalue weighted by atomic mass is 16.4. The van der Waals surface area contributed by atoms with Gasteiger partial charge in [0.1, 0.15) is 0 Å². The summed E-state index contributed by atoms with van der Waals surface area (Å²) in [6.07, 6.45) is -0.365. The Morgan fingerprint density at radius 1 is 1.00 bits per heavy atom. The van der Waals surface area contributed by atoms with Gasteiger partial charge >= 0.3 is 0 Å². The average molecular weight is 268 g/mol. The number of imide groups is 1. The summed E-state index contributed by atoms with van der Waals surface area (Å²) in [5.74, 6) is -2.20. The van der Waals surface area contributed by atoms with E-state index in [-0.39, 0.29) is 13.0 Å². The number of hydrogen-bond donors (Lipinski definition) is 0. The van der Waals surface area contributed by atoms with Crippen LogP contribution in [0, 0.1) is 0 Å². The minimum atomic E-state index is -1.29. The van der Waals surface area contributed by atoms with Crippen molar-refractivity contribution in [2.24, 2.45) is 0 Å². The Kier molecular flexibility index (Phi) is 2.75. The average Bonchev–Trinajstić information content (AvgIpc) is 2.44. The van der Waals surface area contributed by atoms with Crippen molar-refractivity contribution >= 4 is 28.6 Å². The minimum Gasteiger partial charge on any atom is -0.550 e. The standard InChI is InChI=1S/C15H11NO4/c17-12(18)7-8-16-14(19)10-5-1-3-9-4-2-6-11(13(9)10)15(16)20/h1-6H,7-8H2,(H,17,18)/p-1. The van der Waals surface area contributed by atoms with Gasteiger partial charge < -0.3 is 9.90 Å². The van der Waals surface area contributed by atoms with E-state index in [0.29, 0.717) is 16.5 Å². The van der Waals surface area contributed by atoms with Crippen LogP contribution in [0.25, 0.3) is 10.8 Å². The van der Waals surface area contributed by atoms with Gasteiger partial charge in [-0.2, -0.15) is 0 Å². The van der Waals surface area contributed by atoms with Crippen LogP contribution in [0.4, 0.5) is 0 Å². The molecule has 1 aliphatic heterocycles. The number of carboxylic acid groups (broad SMARTS) is 1. The Morgan fingerprint density at radius 2 is 1.55 bits per heavy atom. The lowest BCUT2D eigenvalue weighted by Crippen LogP contribution is -2.42. The maximum absolute atomic E-state index is 12.3. The third-order valence-electron chi connectivity index (χ3n) is 3.40. The molecule has 0 radical (unpaired) electrons. The second kappa shape index (κ2) is 4.45. The van der Waals surface area contributed by atoms with E-state index < -0.39 is 17.8 Å². The first kappa shape index (κ1) is 12.3. The molecule has 2 amide bonds. The zero-order valence-corrected chi connectivity index (χ0v) is 10.5. The van der Waals surface area contributed by atoms with Crippen LogP contribution in [0.5, 0.6) is 0 Å². The predicted molar refractivity (Wildman–Crippen MR) is 68.9 cm³/mol. The Hall–Kier alpha value is -2.69. The molecule has 0 N–H and O–H groups in total. The molecule has 0 aliphatic carbocycles. The molecule has 5 heteroatoms. The van der Waals surface area contributed by atoms with Gasteiger partial charge in [0.2, 0.25) is 0 Å². The molecule has 0 atom stereocenters. The minimum absolute atomic E-state index is 0.176. The molecular formula is C15H10NO4-. The first-order valence-corrected chi connectivity index (χ1v) is 6.17. The van der Waals surface area contributed by atoms with E-state index in [4.69, 9.17) is 0 Å². The fourth-order valence-electron chi connectivity index (χ4n) is 2.49. The van der Waals surface area contributed by atoms with Crippen molar-refractivity contribution in [3.63, 3.8) is 0 Å². The van der Waals surface area contributed by atoms with E-state index in [1.54, 1.807) is 24.3 Å². The van der Waals surface area contributed by atoms with Crippen LogP contribution in [0.15, 0.2) is 36.4 Å². The monoisotopic (exact) mass is 268 g/mol. The largest absolute Gasteiger partial charge is 0.550 e. The summed E-state index contributed by atoms with van der Waals surface area (Å²) < 4.78 is 0. The second-order valence-electron chi connectivity index (χ2n) is 4.59. The molecule has 0 unspecified atom stereocenters. The van der Waals surface area contributed by atoms with Crippen LogP contribution in [-0.4, -0.2) is 29.2 Å². The molecule has 3 rings (SSSR count). The van der Waals surface area contributed by atoms with Crippen molar-refractivity contribution in [1.82, 2.24) is 4.90 Å². The number of nitrogens with zero attached hydrogens (tertiary/aromatic N) is 1. The first-order chi connectivity index (χ1) is 9.59. The summed E-state index contributed by atoms with van der Waals surface area (Å²) >= 11 is 0. The van der Waals surface area contributed by atoms with Crippen LogP contribution in [-0.2, 0) is 4.79 Å². The summed E-state index contributed by atoms with van der Waals surface area (Å²) in [5.41, 5.74) is 0.854. The molecule has 0 saturated carbocycles. The molecule has 0 fully saturated rings. The third-order valence-corrected chi connectivity index (χ3v) is 3.40. The topological polar surface area (TPSA) is 77.5 Å². The van der Waals surface area contributed by atoms with Crippen molar-refractivity contribution in [3.05, 3.63) is 47.5 Å². The Morgan fingerprint density at radius 3 is 2.05 bits per heavy atom. The zero-order valence-electron chi connectivity index (χ0n) is 10.5. The lowest BCUT2D eigenvalue weighted by Gasteiger charge is -2.27. The maximum Gasteiger partial charge on any atom is 0.261 e. The van der Waals surface area contributed by atoms with E-state index in [1.165, 1.54) is 0 Å². The molecule has 0 spiro atoms. The van der Waals surface area contributed by atoms with Crippen LogP contribution in [0.1, 0.15) is 27.1 Å². The third kappa shape index (κ3) is 1.75. The van der Waals surface area contributed by atoms with Gasteiger partial charge in [0, 0.05) is 35.4 Å². The molecule has 5 nitrogen and oxygen atoms in total. The van der Waals surface area contributed by atoms with Crippen molar-refractivity contribution in [3.8, 4) is 0 Å². The van der Waals surface area contributed by atoms with Crippen molar-refractivity contribution in [2.45, 2.75) is 6.42 Å². The highest BCUT2D eigenvalue weighted by molar-refractivity contribution is 6.25. The molecule has 100 valence electrons. The number of carboxylic acids is 1. The van der Waals surface area contributed by atoms with Gasteiger partial charge in [0.25, 0.3) is 11.8 Å². The van der Waals surface area contributed by atoms with Gasteiger partial charge in [0.15, 0.2) is 0 Å². The summed E-state index contributed by atoms with van der Waals surface area (Å²) in [6, 6.07) is 10.4. The number of amides is 2. The smallest absolute Gasteiger partial charge is 0.261 e. The normalized spacial score (nSPS) is 13.9. The molecule has 0 bridgehead atoms. The van der Waals surface area contributed by atoms with Gasteiger partial charge in [-0.05, 0) is 17.5 Å². The zero-order chi connectivity index (χ0) is 14.3. The van der Waals surface area contributed by atoms with Crippen molar-refractivity contribution in [2.75, 3.05) is 6.54 Å². The van der Waals surface area contributed by atoms with Gasteiger partial charge in [-0.25, -0.2) is 0 Å². The van der Waals surface area contributed by atoms with Crippen LogP contribution in [0.2, 0.25) is 0 Å². The molecule has 1 aliphatic rings. The Balaban J connectivity index is 2.14. The molecule has 2 aromatic carbocycles. The fraction of sp³-hybridized carbons (Fsp3) is 0.133. The molecule has 0 aromatic heterocycles. The van der Waals surface area contributed by atoms with Gasteiger partial charge in [-0.1, -0.05) is 24.3 Å². The Bertz CT molecular complexity index is 700. The number of hydrogen-bond acceptors (Lipinski definition) is 4.